The molecule has 3 aromatic rings. The number of nitrogens with zero attached hydrogens (tertiary/aromatic N) is 2. The van der Waals surface area contributed by atoms with E-state index in [0.29, 0.717) is 33.2 Å². The zero-order valence-electron chi connectivity index (χ0n) is 17.4. The van der Waals surface area contributed by atoms with Gasteiger partial charge in [0.25, 0.3) is 0 Å². The normalized spacial score (nSPS) is 11.4. The summed E-state index contributed by atoms with van der Waals surface area (Å²) < 4.78 is 13.7. The molecule has 0 bridgehead atoms. The van der Waals surface area contributed by atoms with Crippen LogP contribution in [0, 0.1) is 0 Å². The average molecular weight is 493 g/mol. The standard InChI is InChI=1S/C22H25BrN2O4S/c1-5-28-22(27)20-18(13-29-30-14-9-7-6-8-10-14)25(4)17-11-16(23)21(26)15(19(17)20)12-24(2)3/h6-11,26H,5,12-13H2,1-4H3. The van der Waals surface area contributed by atoms with Crippen molar-refractivity contribution >= 4 is 44.8 Å². The fourth-order valence-electron chi connectivity index (χ4n) is 3.37. The van der Waals surface area contributed by atoms with E-state index in [-0.39, 0.29) is 19.0 Å². The lowest BCUT2D eigenvalue weighted by atomic mass is 10.0. The van der Waals surface area contributed by atoms with Gasteiger partial charge in [-0.15, -0.1) is 0 Å². The molecule has 1 N–H and O–H groups in total. The topological polar surface area (TPSA) is 63.9 Å². The highest BCUT2D eigenvalue weighted by atomic mass is 79.9. The molecule has 2 aromatic carbocycles. The van der Waals surface area contributed by atoms with Crippen molar-refractivity contribution in [3.05, 3.63) is 57.7 Å². The first-order valence-corrected chi connectivity index (χ1v) is 11.1. The summed E-state index contributed by atoms with van der Waals surface area (Å²) in [5.74, 6) is -0.299. The van der Waals surface area contributed by atoms with E-state index in [1.165, 1.54) is 12.0 Å². The van der Waals surface area contributed by atoms with Gasteiger partial charge in [-0.1, -0.05) is 18.2 Å². The maximum absolute atomic E-state index is 13.0. The number of aryl methyl sites for hydroxylation is 1. The van der Waals surface area contributed by atoms with Gasteiger partial charge in [0.05, 0.1) is 27.9 Å². The van der Waals surface area contributed by atoms with Gasteiger partial charge in [0, 0.05) is 41.5 Å². The quantitative estimate of drug-likeness (QED) is 0.348. The van der Waals surface area contributed by atoms with E-state index >= 15 is 0 Å². The third-order valence-electron chi connectivity index (χ3n) is 4.69. The minimum absolute atomic E-state index is 0.124. The fraction of sp³-hybridized carbons (Fsp3) is 0.318. The highest BCUT2D eigenvalue weighted by Crippen LogP contribution is 2.40. The number of phenols is 1. The number of hydrogen-bond acceptors (Lipinski definition) is 6. The molecule has 8 heteroatoms. The number of phenolic OH excluding ortho intramolecular Hbond substituents is 1. The van der Waals surface area contributed by atoms with Crippen molar-refractivity contribution in [1.82, 2.24) is 9.47 Å². The summed E-state index contributed by atoms with van der Waals surface area (Å²) >= 11 is 4.70. The number of halogens is 1. The van der Waals surface area contributed by atoms with Gasteiger partial charge in [-0.3, -0.25) is 0 Å². The van der Waals surface area contributed by atoms with Gasteiger partial charge in [-0.2, -0.15) is 0 Å². The van der Waals surface area contributed by atoms with E-state index in [9.17, 15) is 9.90 Å². The molecule has 1 aromatic heterocycles. The Morgan fingerprint density at radius 1 is 1.27 bits per heavy atom. The lowest BCUT2D eigenvalue weighted by molar-refractivity contribution is 0.0525. The molecule has 1 heterocycles. The number of aromatic nitrogens is 1. The van der Waals surface area contributed by atoms with Gasteiger partial charge < -0.3 is 23.5 Å². The molecule has 30 heavy (non-hydrogen) atoms. The third kappa shape index (κ3) is 4.67. The van der Waals surface area contributed by atoms with Gasteiger partial charge in [0.2, 0.25) is 0 Å². The number of carbonyl (C=O) groups excluding carboxylic acids is 1. The summed E-state index contributed by atoms with van der Waals surface area (Å²) in [5, 5.41) is 11.4. The van der Waals surface area contributed by atoms with E-state index in [4.69, 9.17) is 8.92 Å². The molecule has 0 spiro atoms. The number of hydrogen-bond donors (Lipinski definition) is 1. The first-order valence-electron chi connectivity index (χ1n) is 9.53. The van der Waals surface area contributed by atoms with Crippen molar-refractivity contribution in [3.8, 4) is 5.75 Å². The average Bonchev–Trinajstić information content (AvgIpc) is 2.98. The third-order valence-corrected chi connectivity index (χ3v) is 5.99. The van der Waals surface area contributed by atoms with Crippen molar-refractivity contribution in [2.45, 2.75) is 25.0 Å². The monoisotopic (exact) mass is 492 g/mol. The van der Waals surface area contributed by atoms with Crippen LogP contribution >= 0.6 is 28.0 Å². The van der Waals surface area contributed by atoms with Crippen LogP contribution in [-0.2, 0) is 29.1 Å². The molecule has 6 nitrogen and oxygen atoms in total. The Morgan fingerprint density at radius 3 is 2.60 bits per heavy atom. The summed E-state index contributed by atoms with van der Waals surface area (Å²) in [6.07, 6.45) is 0. The Balaban J connectivity index is 2.11. The lowest BCUT2D eigenvalue weighted by Gasteiger charge is -2.15. The zero-order valence-corrected chi connectivity index (χ0v) is 19.8. The number of benzene rings is 2. The molecule has 0 aliphatic heterocycles. The van der Waals surface area contributed by atoms with E-state index in [1.54, 1.807) is 6.92 Å². The van der Waals surface area contributed by atoms with Crippen molar-refractivity contribution in [3.63, 3.8) is 0 Å². The largest absolute Gasteiger partial charge is 0.506 e. The van der Waals surface area contributed by atoms with E-state index in [0.717, 1.165) is 10.4 Å². The number of aromatic hydroxyl groups is 1. The molecule has 0 aliphatic rings. The number of rotatable bonds is 8. The molecule has 0 saturated carbocycles. The summed E-state index contributed by atoms with van der Waals surface area (Å²) in [4.78, 5) is 15.9. The Bertz CT molecular complexity index is 1050. The van der Waals surface area contributed by atoms with E-state index < -0.39 is 5.97 Å². The van der Waals surface area contributed by atoms with Gasteiger partial charge >= 0.3 is 5.97 Å². The Morgan fingerprint density at radius 2 is 1.97 bits per heavy atom. The van der Waals surface area contributed by atoms with Gasteiger partial charge in [0.1, 0.15) is 12.4 Å². The molecule has 160 valence electrons. The van der Waals surface area contributed by atoms with Gasteiger partial charge in [0.15, 0.2) is 0 Å². The highest BCUT2D eigenvalue weighted by Gasteiger charge is 2.27. The predicted molar refractivity (Wildman–Crippen MR) is 123 cm³/mol. The summed E-state index contributed by atoms with van der Waals surface area (Å²) in [5.41, 5.74) is 2.62. The number of esters is 1. The van der Waals surface area contributed by atoms with Crippen molar-refractivity contribution in [2.24, 2.45) is 7.05 Å². The smallest absolute Gasteiger partial charge is 0.340 e. The summed E-state index contributed by atoms with van der Waals surface area (Å²) in [7, 11) is 5.72. The second-order valence-electron chi connectivity index (χ2n) is 7.08. The van der Waals surface area contributed by atoms with Crippen LogP contribution in [0.1, 0.15) is 28.5 Å². The maximum Gasteiger partial charge on any atom is 0.340 e. The first-order chi connectivity index (χ1) is 14.3. The maximum atomic E-state index is 13.0. The molecular formula is C22H25BrN2O4S. The van der Waals surface area contributed by atoms with Crippen LogP contribution in [0.25, 0.3) is 10.9 Å². The van der Waals surface area contributed by atoms with E-state index in [2.05, 4.69) is 15.9 Å². The van der Waals surface area contributed by atoms with Crippen molar-refractivity contribution < 1.29 is 18.8 Å². The lowest BCUT2D eigenvalue weighted by Crippen LogP contribution is -2.13. The molecule has 0 fully saturated rings. The van der Waals surface area contributed by atoms with Crippen molar-refractivity contribution in [1.29, 1.82) is 0 Å². The number of carbonyl (C=O) groups is 1. The second-order valence-corrected chi connectivity index (χ2v) is 8.81. The molecule has 0 radical (unpaired) electrons. The van der Waals surface area contributed by atoms with Crippen LogP contribution < -0.4 is 0 Å². The van der Waals surface area contributed by atoms with Crippen LogP contribution in [0.15, 0.2) is 45.8 Å². The van der Waals surface area contributed by atoms with E-state index in [1.807, 2.05) is 67.0 Å². The first kappa shape index (κ1) is 22.7. The minimum Gasteiger partial charge on any atom is -0.506 e. The zero-order chi connectivity index (χ0) is 21.8. The summed E-state index contributed by atoms with van der Waals surface area (Å²) in [6, 6.07) is 11.6. The van der Waals surface area contributed by atoms with Crippen LogP contribution in [-0.4, -0.2) is 41.2 Å². The molecular weight excluding hydrogens is 468 g/mol. The number of fused-ring (bicyclic) bond motifs is 1. The molecule has 0 atom stereocenters. The van der Waals surface area contributed by atoms with Crippen molar-refractivity contribution in [2.75, 3.05) is 20.7 Å². The van der Waals surface area contributed by atoms with Crippen LogP contribution in [0.4, 0.5) is 0 Å². The molecule has 0 unspecified atom stereocenters. The minimum atomic E-state index is -0.423. The van der Waals surface area contributed by atoms with Crippen LogP contribution in [0.5, 0.6) is 5.75 Å². The molecule has 0 saturated heterocycles. The Kier molecular flexibility index (Phi) is 7.46. The summed E-state index contributed by atoms with van der Waals surface area (Å²) in [6.45, 7) is 2.72. The van der Waals surface area contributed by atoms with Gasteiger partial charge in [-0.05, 0) is 55.1 Å². The van der Waals surface area contributed by atoms with Crippen LogP contribution in [0.3, 0.4) is 0 Å². The molecule has 0 aliphatic carbocycles. The Labute approximate surface area is 189 Å². The van der Waals surface area contributed by atoms with Crippen LogP contribution in [0.2, 0.25) is 0 Å². The predicted octanol–water partition coefficient (Wildman–Crippen LogP) is 5.11. The SMILES string of the molecule is CCOC(=O)c1c(COSc2ccccc2)n(C)c2cc(Br)c(O)c(CN(C)C)c12. The van der Waals surface area contributed by atoms with Gasteiger partial charge in [-0.25, -0.2) is 4.79 Å². The molecule has 0 amide bonds. The Hall–Kier alpha value is -2.00. The molecule has 3 rings (SSSR count). The number of ether oxygens (including phenoxy) is 1. The fourth-order valence-corrected chi connectivity index (χ4v) is 4.40. The highest BCUT2D eigenvalue weighted by molar-refractivity contribution is 9.10. The second kappa shape index (κ2) is 9.87.